The molecule has 0 aromatic rings. The van der Waals surface area contributed by atoms with Crippen molar-refractivity contribution in [2.75, 3.05) is 32.8 Å². The lowest BCUT2D eigenvalue weighted by Crippen LogP contribution is -2.60. The smallest absolute Gasteiger partial charge is 0.236 e. The highest BCUT2D eigenvalue weighted by molar-refractivity contribution is 5.81. The molecular weight excluding hydrogens is 278 g/mol. The van der Waals surface area contributed by atoms with Gasteiger partial charge in [0.1, 0.15) is 0 Å². The van der Waals surface area contributed by atoms with Gasteiger partial charge >= 0.3 is 0 Å². The normalized spacial score (nSPS) is 24.2. The molecule has 0 unspecified atom stereocenters. The van der Waals surface area contributed by atoms with E-state index in [0.29, 0.717) is 12.5 Å². The first-order valence-corrected chi connectivity index (χ1v) is 8.89. The van der Waals surface area contributed by atoms with Gasteiger partial charge in [0.25, 0.3) is 0 Å². The summed E-state index contributed by atoms with van der Waals surface area (Å²) in [7, 11) is 0. The van der Waals surface area contributed by atoms with Gasteiger partial charge in [-0.1, -0.05) is 20.3 Å². The number of ether oxygens (including phenoxy) is 1. The molecule has 0 saturated carbocycles. The number of hydrogen-bond acceptors (Lipinski definition) is 4. The zero-order chi connectivity index (χ0) is 16.0. The Bertz CT molecular complexity index is 348. The number of amides is 1. The van der Waals surface area contributed by atoms with Crippen molar-refractivity contribution < 1.29 is 9.53 Å². The van der Waals surface area contributed by atoms with Crippen LogP contribution in [0.3, 0.4) is 0 Å². The van der Waals surface area contributed by atoms with Crippen LogP contribution in [0.25, 0.3) is 0 Å². The summed E-state index contributed by atoms with van der Waals surface area (Å²) >= 11 is 0. The molecule has 22 heavy (non-hydrogen) atoms. The average Bonchev–Trinajstić information content (AvgIpc) is 2.53. The van der Waals surface area contributed by atoms with Crippen LogP contribution in [0.1, 0.15) is 52.4 Å². The minimum absolute atomic E-state index is 0.00317. The zero-order valence-corrected chi connectivity index (χ0v) is 14.3. The maximum Gasteiger partial charge on any atom is 0.236 e. The molecule has 0 aromatic heterocycles. The van der Waals surface area contributed by atoms with Crippen LogP contribution in [0, 0.1) is 5.92 Å². The number of rotatable bonds is 6. The van der Waals surface area contributed by atoms with Crippen LogP contribution in [-0.2, 0) is 9.53 Å². The van der Waals surface area contributed by atoms with Gasteiger partial charge < -0.3 is 15.8 Å². The second-order valence-electron chi connectivity index (χ2n) is 7.34. The van der Waals surface area contributed by atoms with Crippen molar-refractivity contribution in [2.24, 2.45) is 11.7 Å². The number of nitrogens with zero attached hydrogens (tertiary/aromatic N) is 1. The second-order valence-corrected chi connectivity index (χ2v) is 7.34. The Kier molecular flexibility index (Phi) is 6.66. The number of piperidine rings is 1. The third-order valence-corrected chi connectivity index (χ3v) is 5.10. The fourth-order valence-corrected chi connectivity index (χ4v) is 3.72. The van der Waals surface area contributed by atoms with Crippen molar-refractivity contribution in [2.45, 2.75) is 64.0 Å². The molecule has 3 N–H and O–H groups in total. The molecular formula is C17H33N3O2. The number of carbonyl (C=O) groups excluding carboxylic acids is 1. The minimum atomic E-state index is -0.391. The van der Waals surface area contributed by atoms with E-state index in [-0.39, 0.29) is 11.4 Å². The van der Waals surface area contributed by atoms with E-state index in [9.17, 15) is 4.79 Å². The van der Waals surface area contributed by atoms with Crippen LogP contribution in [0.15, 0.2) is 0 Å². The summed E-state index contributed by atoms with van der Waals surface area (Å²) in [5, 5.41) is 3.13. The Morgan fingerprint density at radius 2 is 1.86 bits per heavy atom. The van der Waals surface area contributed by atoms with E-state index in [4.69, 9.17) is 10.5 Å². The molecule has 2 aliphatic heterocycles. The topological polar surface area (TPSA) is 67.6 Å². The quantitative estimate of drug-likeness (QED) is 0.780. The van der Waals surface area contributed by atoms with E-state index in [0.717, 1.165) is 45.6 Å². The van der Waals surface area contributed by atoms with Gasteiger partial charge in [0.2, 0.25) is 5.91 Å². The fourth-order valence-electron chi connectivity index (χ4n) is 3.72. The first-order chi connectivity index (χ1) is 10.5. The van der Waals surface area contributed by atoms with Gasteiger partial charge in [-0.2, -0.15) is 0 Å². The fraction of sp³-hybridized carbons (Fsp3) is 0.941. The first-order valence-electron chi connectivity index (χ1n) is 8.89. The standard InChI is InChI=1S/C17H33N3O2/c1-14(2)12-15(18)16(21)19-13-17(6-10-22-11-7-17)20-8-4-3-5-9-20/h14-15H,3-13,18H2,1-2H3,(H,19,21)/t15-/m0/s1. The molecule has 0 bridgehead atoms. The number of nitrogens with two attached hydrogens (primary N) is 1. The second kappa shape index (κ2) is 8.27. The Balaban J connectivity index is 1.93. The number of carbonyl (C=O) groups is 1. The highest BCUT2D eigenvalue weighted by Gasteiger charge is 2.39. The van der Waals surface area contributed by atoms with E-state index in [1.165, 1.54) is 19.3 Å². The van der Waals surface area contributed by atoms with Gasteiger partial charge in [-0.3, -0.25) is 9.69 Å². The molecule has 2 saturated heterocycles. The summed E-state index contributed by atoms with van der Waals surface area (Å²) in [6.07, 6.45) is 6.62. The van der Waals surface area contributed by atoms with Gasteiger partial charge in [0, 0.05) is 25.3 Å². The van der Waals surface area contributed by atoms with Crippen LogP contribution < -0.4 is 11.1 Å². The first kappa shape index (κ1) is 17.7. The summed E-state index contributed by atoms with van der Waals surface area (Å²) in [5.74, 6) is 0.441. The van der Waals surface area contributed by atoms with E-state index >= 15 is 0 Å². The predicted octanol–water partition coefficient (Wildman–Crippen LogP) is 1.51. The monoisotopic (exact) mass is 311 g/mol. The largest absolute Gasteiger partial charge is 0.381 e. The highest BCUT2D eigenvalue weighted by Crippen LogP contribution is 2.30. The minimum Gasteiger partial charge on any atom is -0.381 e. The summed E-state index contributed by atoms with van der Waals surface area (Å²) in [6.45, 7) is 8.79. The Hall–Kier alpha value is -0.650. The Morgan fingerprint density at radius 3 is 2.45 bits per heavy atom. The average molecular weight is 311 g/mol. The SMILES string of the molecule is CC(C)C[C@H](N)C(=O)NCC1(N2CCCCC2)CCOCC1. The lowest BCUT2D eigenvalue weighted by molar-refractivity contribution is -0.124. The lowest BCUT2D eigenvalue weighted by atomic mass is 9.86. The van der Waals surface area contributed by atoms with Gasteiger partial charge in [-0.15, -0.1) is 0 Å². The summed E-state index contributed by atoms with van der Waals surface area (Å²) < 4.78 is 5.56. The van der Waals surface area contributed by atoms with Crippen LogP contribution in [-0.4, -0.2) is 55.2 Å². The van der Waals surface area contributed by atoms with Gasteiger partial charge in [-0.25, -0.2) is 0 Å². The molecule has 5 nitrogen and oxygen atoms in total. The molecule has 1 amide bonds. The number of hydrogen-bond donors (Lipinski definition) is 2. The molecule has 0 aliphatic carbocycles. The maximum absolute atomic E-state index is 12.3. The van der Waals surface area contributed by atoms with Crippen molar-refractivity contribution >= 4 is 5.91 Å². The van der Waals surface area contributed by atoms with Gasteiger partial charge in [-0.05, 0) is 51.1 Å². The maximum atomic E-state index is 12.3. The summed E-state index contributed by atoms with van der Waals surface area (Å²) in [5.41, 5.74) is 6.08. The molecule has 0 spiro atoms. The van der Waals surface area contributed by atoms with Crippen LogP contribution in [0.5, 0.6) is 0 Å². The van der Waals surface area contributed by atoms with Crippen molar-refractivity contribution in [3.63, 3.8) is 0 Å². The zero-order valence-electron chi connectivity index (χ0n) is 14.3. The van der Waals surface area contributed by atoms with Gasteiger partial charge in [0.05, 0.1) is 6.04 Å². The van der Waals surface area contributed by atoms with E-state index in [1.54, 1.807) is 0 Å². The molecule has 2 rings (SSSR count). The Morgan fingerprint density at radius 1 is 1.23 bits per heavy atom. The molecule has 0 radical (unpaired) electrons. The van der Waals surface area contributed by atoms with Crippen molar-refractivity contribution in [1.29, 1.82) is 0 Å². The highest BCUT2D eigenvalue weighted by atomic mass is 16.5. The molecule has 0 aromatic carbocycles. The lowest BCUT2D eigenvalue weighted by Gasteiger charge is -2.48. The van der Waals surface area contributed by atoms with Crippen LogP contribution in [0.2, 0.25) is 0 Å². The van der Waals surface area contributed by atoms with E-state index < -0.39 is 6.04 Å². The Labute approximate surface area is 134 Å². The molecule has 2 aliphatic rings. The molecule has 1 atom stereocenters. The van der Waals surface area contributed by atoms with Crippen LogP contribution >= 0.6 is 0 Å². The van der Waals surface area contributed by atoms with E-state index in [1.807, 2.05) is 0 Å². The molecule has 2 heterocycles. The number of likely N-dealkylation sites (tertiary alicyclic amines) is 1. The molecule has 5 heteroatoms. The summed E-state index contributed by atoms with van der Waals surface area (Å²) in [6, 6.07) is -0.391. The van der Waals surface area contributed by atoms with Gasteiger partial charge in [0.15, 0.2) is 0 Å². The third-order valence-electron chi connectivity index (χ3n) is 5.10. The summed E-state index contributed by atoms with van der Waals surface area (Å²) in [4.78, 5) is 14.9. The van der Waals surface area contributed by atoms with E-state index in [2.05, 4.69) is 24.1 Å². The van der Waals surface area contributed by atoms with Crippen molar-refractivity contribution in [1.82, 2.24) is 10.2 Å². The molecule has 128 valence electrons. The third kappa shape index (κ3) is 4.67. The number of nitrogens with one attached hydrogen (secondary N) is 1. The van der Waals surface area contributed by atoms with Crippen LogP contribution in [0.4, 0.5) is 0 Å². The van der Waals surface area contributed by atoms with Crippen molar-refractivity contribution in [3.8, 4) is 0 Å². The molecule has 2 fully saturated rings. The van der Waals surface area contributed by atoms with Crippen molar-refractivity contribution in [3.05, 3.63) is 0 Å². The predicted molar refractivity (Wildman–Crippen MR) is 88.6 cm³/mol.